The van der Waals surface area contributed by atoms with Gasteiger partial charge in [0.2, 0.25) is 0 Å². The molecule has 0 unspecified atom stereocenters. The Morgan fingerprint density at radius 3 is 2.48 bits per heavy atom. The van der Waals surface area contributed by atoms with Gasteiger partial charge in [0.15, 0.2) is 0 Å². The molecule has 0 aromatic heterocycles. The van der Waals surface area contributed by atoms with E-state index >= 15 is 0 Å². The third kappa shape index (κ3) is 5.06. The van der Waals surface area contributed by atoms with E-state index in [9.17, 15) is 4.39 Å². The molecule has 3 nitrogen and oxygen atoms in total. The van der Waals surface area contributed by atoms with Crippen LogP contribution in [0.5, 0.6) is 5.75 Å². The normalized spacial score (nSPS) is 10.8. The van der Waals surface area contributed by atoms with E-state index in [1.807, 2.05) is 54.6 Å². The lowest BCUT2D eigenvalue weighted by atomic mass is 10.2. The molecule has 0 saturated heterocycles. The molecule has 1 N–H and O–H groups in total. The predicted molar refractivity (Wildman–Crippen MR) is 99.8 cm³/mol. The van der Waals surface area contributed by atoms with E-state index in [1.54, 1.807) is 18.3 Å². The van der Waals surface area contributed by atoms with Gasteiger partial charge in [-0.25, -0.2) is 4.39 Å². The van der Waals surface area contributed by atoms with Gasteiger partial charge in [-0.1, -0.05) is 35.9 Å². The summed E-state index contributed by atoms with van der Waals surface area (Å²) in [5, 5.41) is 4.28. The molecule has 3 aromatic carbocycles. The van der Waals surface area contributed by atoms with Gasteiger partial charge < -0.3 is 4.74 Å². The summed E-state index contributed by atoms with van der Waals surface area (Å²) in [4.78, 5) is 0. The van der Waals surface area contributed by atoms with Crippen molar-refractivity contribution in [2.75, 3.05) is 5.43 Å². The summed E-state index contributed by atoms with van der Waals surface area (Å²) >= 11 is 5.76. The smallest absolute Gasteiger partial charge is 0.141 e. The Bertz CT molecular complexity index is 851. The second kappa shape index (κ2) is 8.31. The van der Waals surface area contributed by atoms with Crippen LogP contribution in [-0.2, 0) is 6.61 Å². The van der Waals surface area contributed by atoms with E-state index in [0.29, 0.717) is 12.4 Å². The first-order valence-electron chi connectivity index (χ1n) is 7.71. The van der Waals surface area contributed by atoms with Crippen LogP contribution in [0.2, 0.25) is 5.02 Å². The largest absolute Gasteiger partial charge is 0.489 e. The van der Waals surface area contributed by atoms with Gasteiger partial charge in [-0.3, -0.25) is 5.43 Å². The molecule has 0 aliphatic carbocycles. The zero-order valence-electron chi connectivity index (χ0n) is 13.3. The molecule has 0 bridgehead atoms. The number of hydrogen-bond acceptors (Lipinski definition) is 3. The maximum absolute atomic E-state index is 13.1. The van der Waals surface area contributed by atoms with E-state index in [1.165, 1.54) is 6.07 Å². The van der Waals surface area contributed by atoms with Crippen molar-refractivity contribution >= 4 is 23.5 Å². The maximum Gasteiger partial charge on any atom is 0.141 e. The van der Waals surface area contributed by atoms with Gasteiger partial charge >= 0.3 is 0 Å². The molecular formula is C20H16ClFN2O. The number of para-hydroxylation sites is 1. The van der Waals surface area contributed by atoms with Crippen LogP contribution in [0.3, 0.4) is 0 Å². The highest BCUT2D eigenvalue weighted by Crippen LogP contribution is 2.18. The first-order valence-corrected chi connectivity index (χ1v) is 8.09. The number of nitrogens with zero attached hydrogens (tertiary/aromatic N) is 1. The van der Waals surface area contributed by atoms with Crippen molar-refractivity contribution in [1.29, 1.82) is 0 Å². The van der Waals surface area contributed by atoms with Crippen molar-refractivity contribution in [2.24, 2.45) is 5.10 Å². The van der Waals surface area contributed by atoms with Gasteiger partial charge in [0.1, 0.15) is 18.2 Å². The molecule has 3 aromatic rings. The zero-order chi connectivity index (χ0) is 17.5. The van der Waals surface area contributed by atoms with Gasteiger partial charge in [-0.15, -0.1) is 0 Å². The number of nitrogens with one attached hydrogen (secondary N) is 1. The van der Waals surface area contributed by atoms with Crippen LogP contribution in [0.1, 0.15) is 11.1 Å². The molecule has 0 aliphatic heterocycles. The molecule has 25 heavy (non-hydrogen) atoms. The van der Waals surface area contributed by atoms with Gasteiger partial charge in [0.05, 0.1) is 16.9 Å². The minimum atomic E-state index is -0.432. The summed E-state index contributed by atoms with van der Waals surface area (Å²) in [6.45, 7) is 0.322. The number of hydrazone groups is 1. The van der Waals surface area contributed by atoms with Crippen molar-refractivity contribution in [1.82, 2.24) is 0 Å². The molecule has 0 fully saturated rings. The van der Waals surface area contributed by atoms with Crippen LogP contribution in [0.15, 0.2) is 77.9 Å². The zero-order valence-corrected chi connectivity index (χ0v) is 14.1. The minimum Gasteiger partial charge on any atom is -0.489 e. The number of ether oxygens (including phenoxy) is 1. The summed E-state index contributed by atoms with van der Waals surface area (Å²) in [6, 6.07) is 21.8. The SMILES string of the molecule is Fc1ccc(COc2ccc(C=NNc3ccccc3)cc2)cc1Cl. The van der Waals surface area contributed by atoms with Gasteiger partial charge in [0.25, 0.3) is 0 Å². The molecule has 0 amide bonds. The van der Waals surface area contributed by atoms with Crippen molar-refractivity contribution in [2.45, 2.75) is 6.61 Å². The highest BCUT2D eigenvalue weighted by molar-refractivity contribution is 6.30. The monoisotopic (exact) mass is 354 g/mol. The number of halogens is 2. The van der Waals surface area contributed by atoms with Crippen molar-refractivity contribution in [3.8, 4) is 5.75 Å². The number of anilines is 1. The van der Waals surface area contributed by atoms with Crippen LogP contribution < -0.4 is 10.2 Å². The third-order valence-electron chi connectivity index (χ3n) is 3.45. The van der Waals surface area contributed by atoms with Crippen LogP contribution in [0, 0.1) is 5.82 Å². The van der Waals surface area contributed by atoms with Gasteiger partial charge in [0, 0.05) is 0 Å². The summed E-state index contributed by atoms with van der Waals surface area (Å²) in [6.07, 6.45) is 1.73. The van der Waals surface area contributed by atoms with Gasteiger partial charge in [-0.05, 0) is 59.7 Å². The van der Waals surface area contributed by atoms with Gasteiger partial charge in [-0.2, -0.15) is 5.10 Å². The molecule has 0 spiro atoms. The van der Waals surface area contributed by atoms with E-state index in [2.05, 4.69) is 10.5 Å². The molecule has 0 saturated carbocycles. The average Bonchev–Trinajstić information content (AvgIpc) is 2.65. The number of hydrogen-bond donors (Lipinski definition) is 1. The standard InChI is InChI=1S/C20H16ClFN2O/c21-19-12-16(8-11-20(19)22)14-25-18-9-6-15(7-10-18)13-23-24-17-4-2-1-3-5-17/h1-13,24H,14H2. The fourth-order valence-electron chi connectivity index (χ4n) is 2.14. The molecule has 0 atom stereocenters. The highest BCUT2D eigenvalue weighted by atomic mass is 35.5. The lowest BCUT2D eigenvalue weighted by Gasteiger charge is -2.07. The fourth-order valence-corrected chi connectivity index (χ4v) is 2.34. The van der Waals surface area contributed by atoms with Crippen LogP contribution in [0.4, 0.5) is 10.1 Å². The predicted octanol–water partition coefficient (Wildman–Crippen LogP) is 5.50. The maximum atomic E-state index is 13.1. The Kier molecular flexibility index (Phi) is 5.65. The quantitative estimate of drug-likeness (QED) is 0.468. The first-order chi connectivity index (χ1) is 12.2. The van der Waals surface area contributed by atoms with E-state index in [0.717, 1.165) is 16.8 Å². The second-order valence-corrected chi connectivity index (χ2v) is 5.75. The summed E-state index contributed by atoms with van der Waals surface area (Å²) in [7, 11) is 0. The second-order valence-electron chi connectivity index (χ2n) is 5.34. The topological polar surface area (TPSA) is 33.6 Å². The van der Waals surface area contributed by atoms with Crippen molar-refractivity contribution in [3.05, 3.63) is 94.8 Å². The van der Waals surface area contributed by atoms with E-state index in [-0.39, 0.29) is 5.02 Å². The van der Waals surface area contributed by atoms with E-state index in [4.69, 9.17) is 16.3 Å². The molecule has 0 aliphatic rings. The Morgan fingerprint density at radius 2 is 1.76 bits per heavy atom. The number of benzene rings is 3. The van der Waals surface area contributed by atoms with Crippen LogP contribution in [-0.4, -0.2) is 6.21 Å². The summed E-state index contributed by atoms with van der Waals surface area (Å²) in [5.41, 5.74) is 5.64. The summed E-state index contributed by atoms with van der Waals surface area (Å²) in [5.74, 6) is 0.284. The van der Waals surface area contributed by atoms with E-state index < -0.39 is 5.82 Å². The Balaban J connectivity index is 1.54. The minimum absolute atomic E-state index is 0.0959. The Hall–Kier alpha value is -2.85. The lowest BCUT2D eigenvalue weighted by molar-refractivity contribution is 0.306. The van der Waals surface area contributed by atoms with Crippen molar-refractivity contribution < 1.29 is 9.13 Å². The molecular weight excluding hydrogens is 339 g/mol. The van der Waals surface area contributed by atoms with Crippen LogP contribution in [0.25, 0.3) is 0 Å². The molecule has 3 rings (SSSR count). The molecule has 5 heteroatoms. The number of rotatable bonds is 6. The average molecular weight is 355 g/mol. The fraction of sp³-hybridized carbons (Fsp3) is 0.0500. The molecule has 126 valence electrons. The molecule has 0 radical (unpaired) electrons. The Morgan fingerprint density at radius 1 is 1.00 bits per heavy atom. The first kappa shape index (κ1) is 17.0. The lowest BCUT2D eigenvalue weighted by Crippen LogP contribution is -1.96. The third-order valence-corrected chi connectivity index (χ3v) is 3.74. The summed E-state index contributed by atoms with van der Waals surface area (Å²) < 4.78 is 18.8. The molecule has 0 heterocycles. The highest BCUT2D eigenvalue weighted by Gasteiger charge is 2.02. The van der Waals surface area contributed by atoms with Crippen LogP contribution >= 0.6 is 11.6 Å². The Labute approximate surface area is 150 Å². The van der Waals surface area contributed by atoms with Crippen molar-refractivity contribution in [3.63, 3.8) is 0 Å².